The lowest BCUT2D eigenvalue weighted by atomic mass is 10.2. The van der Waals surface area contributed by atoms with E-state index in [4.69, 9.17) is 0 Å². The fourth-order valence-electron chi connectivity index (χ4n) is 2.25. The van der Waals surface area contributed by atoms with Crippen LogP contribution in [-0.2, 0) is 14.8 Å². The second-order valence-electron chi connectivity index (χ2n) is 5.22. The molecule has 1 fully saturated rings. The first kappa shape index (κ1) is 17.1. The molecule has 1 aromatic carbocycles. The number of urea groups is 1. The lowest BCUT2D eigenvalue weighted by Gasteiger charge is -2.18. The molecule has 126 valence electrons. The van der Waals surface area contributed by atoms with E-state index < -0.39 is 28.0 Å². The molecule has 1 atom stereocenters. The molecule has 2 rings (SSSR count). The van der Waals surface area contributed by atoms with Crippen LogP contribution in [0.2, 0.25) is 0 Å². The molecule has 0 saturated carbocycles. The second-order valence-corrected chi connectivity index (χ2v) is 7.24. The number of nitrogens with zero attached hydrogens (tertiary/aromatic N) is 1. The number of amides is 3. The number of hydrogen-bond acceptors (Lipinski definition) is 5. The average Bonchev–Trinajstić information content (AvgIpc) is 2.87. The molecule has 9 heteroatoms. The van der Waals surface area contributed by atoms with E-state index in [9.17, 15) is 18.0 Å². The molecule has 1 heterocycles. The summed E-state index contributed by atoms with van der Waals surface area (Å²) in [6, 6.07) is 5.59. The van der Waals surface area contributed by atoms with Crippen molar-refractivity contribution in [2.45, 2.75) is 19.4 Å². The predicted molar refractivity (Wildman–Crippen MR) is 87.9 cm³/mol. The van der Waals surface area contributed by atoms with Crippen LogP contribution in [0, 0.1) is 0 Å². The van der Waals surface area contributed by atoms with E-state index >= 15 is 0 Å². The van der Waals surface area contributed by atoms with Crippen LogP contribution in [0.4, 0.5) is 16.2 Å². The van der Waals surface area contributed by atoms with Crippen molar-refractivity contribution in [3.63, 3.8) is 0 Å². The Hall–Kier alpha value is -2.29. The van der Waals surface area contributed by atoms with Crippen LogP contribution in [-0.4, -0.2) is 45.7 Å². The van der Waals surface area contributed by atoms with Crippen LogP contribution in [0.15, 0.2) is 24.3 Å². The Bertz CT molecular complexity index is 687. The summed E-state index contributed by atoms with van der Waals surface area (Å²) in [5.41, 5.74) is 1.26. The number of rotatable bonds is 4. The number of carbonyl (C=O) groups excluding carboxylic acids is 2. The highest BCUT2D eigenvalue weighted by atomic mass is 32.2. The fourth-order valence-corrected chi connectivity index (χ4v) is 3.82. The summed E-state index contributed by atoms with van der Waals surface area (Å²) < 4.78 is 25.1. The first-order valence-electron chi connectivity index (χ1n) is 7.23. The van der Waals surface area contributed by atoms with Crippen molar-refractivity contribution < 1.29 is 18.0 Å². The summed E-state index contributed by atoms with van der Waals surface area (Å²) in [4.78, 5) is 22.9. The van der Waals surface area contributed by atoms with Crippen molar-refractivity contribution in [1.29, 1.82) is 0 Å². The Labute approximate surface area is 135 Å². The lowest BCUT2D eigenvalue weighted by Crippen LogP contribution is -2.44. The summed E-state index contributed by atoms with van der Waals surface area (Å²) in [5, 5.41) is 7.43. The molecular weight excluding hydrogens is 320 g/mol. The van der Waals surface area contributed by atoms with E-state index in [1.807, 2.05) is 0 Å². The summed E-state index contributed by atoms with van der Waals surface area (Å²) in [6.07, 6.45) is 0.624. The van der Waals surface area contributed by atoms with Crippen LogP contribution in [0.1, 0.15) is 13.3 Å². The van der Waals surface area contributed by atoms with E-state index in [1.54, 1.807) is 31.2 Å². The fraction of sp³-hybridized carbons (Fsp3) is 0.429. The topological polar surface area (TPSA) is 108 Å². The molecule has 1 aromatic rings. The van der Waals surface area contributed by atoms with Crippen molar-refractivity contribution in [3.05, 3.63) is 24.3 Å². The van der Waals surface area contributed by atoms with Gasteiger partial charge in [-0.25, -0.2) is 13.2 Å². The molecule has 8 nitrogen and oxygen atoms in total. The van der Waals surface area contributed by atoms with Gasteiger partial charge in [0.2, 0.25) is 15.9 Å². The first-order valence-corrected chi connectivity index (χ1v) is 8.84. The van der Waals surface area contributed by atoms with Crippen molar-refractivity contribution >= 4 is 33.3 Å². The molecule has 1 aliphatic heterocycles. The van der Waals surface area contributed by atoms with Crippen LogP contribution in [0.25, 0.3) is 0 Å². The summed E-state index contributed by atoms with van der Waals surface area (Å²) >= 11 is 0. The SMILES string of the molecule is CNC(=O)NC(=O)[C@@H](C)Nc1ccc(N2CCCS2(=O)=O)cc1. The Morgan fingerprint density at radius 2 is 1.87 bits per heavy atom. The number of benzene rings is 1. The molecule has 23 heavy (non-hydrogen) atoms. The molecule has 0 unspecified atom stereocenters. The highest BCUT2D eigenvalue weighted by Crippen LogP contribution is 2.25. The van der Waals surface area contributed by atoms with Crippen LogP contribution >= 0.6 is 0 Å². The van der Waals surface area contributed by atoms with Gasteiger partial charge in [-0.1, -0.05) is 0 Å². The molecular formula is C14H20N4O4S. The predicted octanol–water partition coefficient (Wildman–Crippen LogP) is 0.483. The van der Waals surface area contributed by atoms with Gasteiger partial charge in [-0.3, -0.25) is 14.4 Å². The minimum atomic E-state index is -3.20. The molecule has 0 bridgehead atoms. The van der Waals surface area contributed by atoms with Gasteiger partial charge in [-0.15, -0.1) is 0 Å². The van der Waals surface area contributed by atoms with Gasteiger partial charge in [0, 0.05) is 19.3 Å². The van der Waals surface area contributed by atoms with Crippen LogP contribution in [0.5, 0.6) is 0 Å². The highest BCUT2D eigenvalue weighted by Gasteiger charge is 2.28. The zero-order valence-corrected chi connectivity index (χ0v) is 13.8. The van der Waals surface area contributed by atoms with Crippen LogP contribution in [0.3, 0.4) is 0 Å². The van der Waals surface area contributed by atoms with Crippen molar-refractivity contribution in [2.75, 3.05) is 29.0 Å². The van der Waals surface area contributed by atoms with Crippen LogP contribution < -0.4 is 20.3 Å². The zero-order chi connectivity index (χ0) is 17.0. The van der Waals surface area contributed by atoms with Gasteiger partial charge < -0.3 is 10.6 Å². The van der Waals surface area contributed by atoms with Crippen molar-refractivity contribution in [2.24, 2.45) is 0 Å². The molecule has 0 spiro atoms. The zero-order valence-electron chi connectivity index (χ0n) is 13.0. The maximum atomic E-state index is 11.9. The standard InChI is InChI=1S/C14H20N4O4S/c1-10(13(19)17-14(20)15-2)16-11-4-6-12(7-5-11)18-8-3-9-23(18,21)22/h4-7,10,16H,3,8-9H2,1-2H3,(H2,15,17,19,20)/t10-/m1/s1. The monoisotopic (exact) mass is 340 g/mol. The number of carbonyl (C=O) groups is 2. The third-order valence-electron chi connectivity index (χ3n) is 3.49. The van der Waals surface area contributed by atoms with E-state index in [2.05, 4.69) is 16.0 Å². The average molecular weight is 340 g/mol. The Kier molecular flexibility index (Phi) is 5.09. The minimum absolute atomic E-state index is 0.170. The highest BCUT2D eigenvalue weighted by molar-refractivity contribution is 7.93. The number of hydrogen-bond donors (Lipinski definition) is 3. The van der Waals surface area contributed by atoms with E-state index in [0.29, 0.717) is 24.3 Å². The normalized spacial score (nSPS) is 17.4. The minimum Gasteiger partial charge on any atom is -0.374 e. The van der Waals surface area contributed by atoms with Gasteiger partial charge in [-0.05, 0) is 37.6 Å². The van der Waals surface area contributed by atoms with Gasteiger partial charge in [0.15, 0.2) is 0 Å². The molecule has 0 aliphatic carbocycles. The van der Waals surface area contributed by atoms with E-state index in [0.717, 1.165) is 0 Å². The Balaban J connectivity index is 2.00. The summed E-state index contributed by atoms with van der Waals surface area (Å²) in [6.45, 7) is 2.11. The maximum absolute atomic E-state index is 11.9. The Morgan fingerprint density at radius 1 is 1.22 bits per heavy atom. The number of imide groups is 1. The number of anilines is 2. The third-order valence-corrected chi connectivity index (χ3v) is 5.36. The molecule has 3 N–H and O–H groups in total. The van der Waals surface area contributed by atoms with Gasteiger partial charge >= 0.3 is 6.03 Å². The van der Waals surface area contributed by atoms with E-state index in [-0.39, 0.29) is 5.75 Å². The molecule has 0 radical (unpaired) electrons. The van der Waals surface area contributed by atoms with Gasteiger partial charge in [0.25, 0.3) is 0 Å². The maximum Gasteiger partial charge on any atom is 0.321 e. The number of nitrogens with one attached hydrogen (secondary N) is 3. The number of sulfonamides is 1. The molecule has 1 aliphatic rings. The van der Waals surface area contributed by atoms with Crippen molar-refractivity contribution in [1.82, 2.24) is 10.6 Å². The van der Waals surface area contributed by atoms with Gasteiger partial charge in [0.1, 0.15) is 6.04 Å². The first-order chi connectivity index (χ1) is 10.8. The summed E-state index contributed by atoms with van der Waals surface area (Å²) in [7, 11) is -1.78. The molecule has 1 saturated heterocycles. The second kappa shape index (κ2) is 6.86. The van der Waals surface area contributed by atoms with E-state index in [1.165, 1.54) is 11.4 Å². The van der Waals surface area contributed by atoms with Gasteiger partial charge in [0.05, 0.1) is 11.4 Å². The molecule has 3 amide bonds. The van der Waals surface area contributed by atoms with Crippen molar-refractivity contribution in [3.8, 4) is 0 Å². The quantitative estimate of drug-likeness (QED) is 0.739. The summed E-state index contributed by atoms with van der Waals surface area (Å²) in [5.74, 6) is -0.292. The lowest BCUT2D eigenvalue weighted by molar-refractivity contribution is -0.120. The third kappa shape index (κ3) is 4.13. The molecule has 0 aromatic heterocycles. The van der Waals surface area contributed by atoms with Gasteiger partial charge in [-0.2, -0.15) is 0 Å². The smallest absolute Gasteiger partial charge is 0.321 e. The Morgan fingerprint density at radius 3 is 2.39 bits per heavy atom. The largest absolute Gasteiger partial charge is 0.374 e.